The smallest absolute Gasteiger partial charge is 0.241 e. The first-order valence-electron chi connectivity index (χ1n) is 7.30. The number of rotatable bonds is 6. The lowest BCUT2D eigenvalue weighted by molar-refractivity contribution is -0.118. The lowest BCUT2D eigenvalue weighted by Crippen LogP contribution is -2.36. The molecular weight excluding hydrogens is 266 g/mol. The summed E-state index contributed by atoms with van der Waals surface area (Å²) in [6.07, 6.45) is 1.05. The highest BCUT2D eigenvalue weighted by Crippen LogP contribution is 2.21. The molecule has 0 saturated carbocycles. The third kappa shape index (κ3) is 5.55. The molecule has 0 spiro atoms. The van der Waals surface area contributed by atoms with Gasteiger partial charge in [0, 0.05) is 17.8 Å². The van der Waals surface area contributed by atoms with Crippen LogP contribution in [0.2, 0.25) is 0 Å². The fourth-order valence-corrected chi connectivity index (χ4v) is 1.92. The van der Waals surface area contributed by atoms with E-state index in [1.165, 1.54) is 0 Å². The fourth-order valence-electron chi connectivity index (χ4n) is 1.92. The van der Waals surface area contributed by atoms with E-state index in [0.29, 0.717) is 30.1 Å². The first kappa shape index (κ1) is 17.2. The fraction of sp³-hybridized carbons (Fsp3) is 0.500. The van der Waals surface area contributed by atoms with E-state index in [0.717, 1.165) is 5.56 Å². The molecule has 1 rings (SSSR count). The summed E-state index contributed by atoms with van der Waals surface area (Å²) in [4.78, 5) is 23.5. The van der Waals surface area contributed by atoms with Gasteiger partial charge < -0.3 is 16.4 Å². The number of carbonyl (C=O) groups is 2. The van der Waals surface area contributed by atoms with Crippen LogP contribution in [0.3, 0.4) is 0 Å². The number of benzene rings is 1. The largest absolute Gasteiger partial charge is 0.326 e. The lowest BCUT2D eigenvalue weighted by atomic mass is 10.0. The minimum Gasteiger partial charge on any atom is -0.326 e. The highest BCUT2D eigenvalue weighted by molar-refractivity contribution is 5.97. The summed E-state index contributed by atoms with van der Waals surface area (Å²) in [5.41, 5.74) is 8.14. The molecule has 21 heavy (non-hydrogen) atoms. The van der Waals surface area contributed by atoms with Crippen molar-refractivity contribution in [3.8, 4) is 0 Å². The minimum atomic E-state index is -0.529. The topological polar surface area (TPSA) is 84.2 Å². The molecule has 2 amide bonds. The Morgan fingerprint density at radius 1 is 1.24 bits per heavy atom. The van der Waals surface area contributed by atoms with Gasteiger partial charge in [-0.1, -0.05) is 26.8 Å². The first-order valence-corrected chi connectivity index (χ1v) is 7.30. The first-order chi connectivity index (χ1) is 9.83. The average molecular weight is 291 g/mol. The summed E-state index contributed by atoms with van der Waals surface area (Å²) >= 11 is 0. The second-order valence-electron chi connectivity index (χ2n) is 5.66. The molecular formula is C16H25N3O2. The maximum absolute atomic E-state index is 12.1. The number of nitrogens with one attached hydrogen (secondary N) is 2. The molecule has 0 unspecified atom stereocenters. The average Bonchev–Trinajstić information content (AvgIpc) is 2.41. The van der Waals surface area contributed by atoms with E-state index >= 15 is 0 Å². The van der Waals surface area contributed by atoms with Crippen LogP contribution in [-0.4, -0.2) is 17.9 Å². The molecule has 0 aliphatic rings. The Kier molecular flexibility index (Phi) is 6.37. The summed E-state index contributed by atoms with van der Waals surface area (Å²) in [7, 11) is 0. The zero-order valence-electron chi connectivity index (χ0n) is 13.2. The summed E-state index contributed by atoms with van der Waals surface area (Å²) in [5, 5.41) is 5.60. The monoisotopic (exact) mass is 291 g/mol. The van der Waals surface area contributed by atoms with Gasteiger partial charge in [0.2, 0.25) is 11.8 Å². The number of hydrogen-bond acceptors (Lipinski definition) is 3. The van der Waals surface area contributed by atoms with E-state index < -0.39 is 6.04 Å². The van der Waals surface area contributed by atoms with Gasteiger partial charge in [-0.2, -0.15) is 0 Å². The van der Waals surface area contributed by atoms with Crippen LogP contribution >= 0.6 is 0 Å². The van der Waals surface area contributed by atoms with Crippen molar-refractivity contribution in [3.63, 3.8) is 0 Å². The standard InChI is InChI=1S/C16H25N3O2/c1-5-15(20)18-12-7-6-11(4)14(9-12)19-16(21)13(17)8-10(2)3/h6-7,9-10,13H,5,8,17H2,1-4H3,(H,18,20)(H,19,21)/t13-/m0/s1. The second-order valence-corrected chi connectivity index (χ2v) is 5.66. The normalized spacial score (nSPS) is 12.1. The number of amides is 2. The Labute approximate surface area is 126 Å². The van der Waals surface area contributed by atoms with Crippen molar-refractivity contribution in [2.45, 2.75) is 46.6 Å². The van der Waals surface area contributed by atoms with Gasteiger partial charge in [-0.3, -0.25) is 9.59 Å². The predicted octanol–water partition coefficient (Wildman–Crippen LogP) is 2.66. The van der Waals surface area contributed by atoms with E-state index in [9.17, 15) is 9.59 Å². The van der Waals surface area contributed by atoms with Crippen LogP contribution in [0.15, 0.2) is 18.2 Å². The number of nitrogens with two attached hydrogens (primary N) is 1. The molecule has 5 nitrogen and oxygen atoms in total. The summed E-state index contributed by atoms with van der Waals surface area (Å²) < 4.78 is 0. The van der Waals surface area contributed by atoms with E-state index in [1.54, 1.807) is 13.0 Å². The molecule has 0 aromatic heterocycles. The number of carbonyl (C=O) groups excluding carboxylic acids is 2. The molecule has 4 N–H and O–H groups in total. The highest BCUT2D eigenvalue weighted by atomic mass is 16.2. The van der Waals surface area contributed by atoms with Crippen LogP contribution < -0.4 is 16.4 Å². The molecule has 0 saturated heterocycles. The number of hydrogen-bond donors (Lipinski definition) is 3. The summed E-state index contributed by atoms with van der Waals surface area (Å²) in [6.45, 7) is 7.74. The van der Waals surface area contributed by atoms with Crippen molar-refractivity contribution in [1.82, 2.24) is 0 Å². The minimum absolute atomic E-state index is 0.0624. The van der Waals surface area contributed by atoms with Crippen molar-refractivity contribution >= 4 is 23.2 Å². The van der Waals surface area contributed by atoms with E-state index in [2.05, 4.69) is 10.6 Å². The highest BCUT2D eigenvalue weighted by Gasteiger charge is 2.16. The molecule has 116 valence electrons. The molecule has 1 atom stereocenters. The van der Waals surface area contributed by atoms with Gasteiger partial charge in [0.15, 0.2) is 0 Å². The molecule has 0 aliphatic heterocycles. The molecule has 1 aromatic rings. The van der Waals surface area contributed by atoms with Crippen LogP contribution in [0.1, 0.15) is 39.2 Å². The molecule has 0 heterocycles. The Morgan fingerprint density at radius 3 is 2.48 bits per heavy atom. The van der Waals surface area contributed by atoms with Gasteiger partial charge in [0.25, 0.3) is 0 Å². The van der Waals surface area contributed by atoms with Gasteiger partial charge in [-0.15, -0.1) is 0 Å². The van der Waals surface area contributed by atoms with Crippen molar-refractivity contribution < 1.29 is 9.59 Å². The van der Waals surface area contributed by atoms with Gasteiger partial charge in [0.1, 0.15) is 0 Å². The number of anilines is 2. The van der Waals surface area contributed by atoms with Gasteiger partial charge in [0.05, 0.1) is 6.04 Å². The zero-order valence-corrected chi connectivity index (χ0v) is 13.2. The molecule has 0 fully saturated rings. The Bertz CT molecular complexity index is 512. The van der Waals surface area contributed by atoms with E-state index in [-0.39, 0.29) is 11.8 Å². The second kappa shape index (κ2) is 7.78. The van der Waals surface area contributed by atoms with E-state index in [1.807, 2.05) is 32.9 Å². The number of aryl methyl sites for hydroxylation is 1. The maximum Gasteiger partial charge on any atom is 0.241 e. The van der Waals surface area contributed by atoms with Crippen LogP contribution in [-0.2, 0) is 9.59 Å². The molecule has 1 aromatic carbocycles. The third-order valence-corrected chi connectivity index (χ3v) is 3.16. The summed E-state index contributed by atoms with van der Waals surface area (Å²) in [6, 6.07) is 4.89. The maximum atomic E-state index is 12.1. The molecule has 0 aliphatic carbocycles. The van der Waals surface area contributed by atoms with Gasteiger partial charge in [-0.05, 0) is 37.0 Å². The van der Waals surface area contributed by atoms with Gasteiger partial charge in [-0.25, -0.2) is 0 Å². The Balaban J connectivity index is 2.80. The van der Waals surface area contributed by atoms with Crippen molar-refractivity contribution in [2.75, 3.05) is 10.6 Å². The summed E-state index contributed by atoms with van der Waals surface area (Å²) in [5.74, 6) is 0.0976. The molecule has 5 heteroatoms. The zero-order chi connectivity index (χ0) is 16.0. The quantitative estimate of drug-likeness (QED) is 0.753. The van der Waals surface area contributed by atoms with Crippen molar-refractivity contribution in [2.24, 2.45) is 11.7 Å². The van der Waals surface area contributed by atoms with Crippen LogP contribution in [0.4, 0.5) is 11.4 Å². The van der Waals surface area contributed by atoms with Crippen LogP contribution in [0.25, 0.3) is 0 Å². The van der Waals surface area contributed by atoms with Crippen LogP contribution in [0.5, 0.6) is 0 Å². The van der Waals surface area contributed by atoms with E-state index in [4.69, 9.17) is 5.73 Å². The van der Waals surface area contributed by atoms with Crippen molar-refractivity contribution in [1.29, 1.82) is 0 Å². The van der Waals surface area contributed by atoms with Crippen LogP contribution in [0, 0.1) is 12.8 Å². The van der Waals surface area contributed by atoms with Crippen molar-refractivity contribution in [3.05, 3.63) is 23.8 Å². The lowest BCUT2D eigenvalue weighted by Gasteiger charge is -2.16. The predicted molar refractivity (Wildman–Crippen MR) is 86.2 cm³/mol. The third-order valence-electron chi connectivity index (χ3n) is 3.16. The van der Waals surface area contributed by atoms with Gasteiger partial charge >= 0.3 is 0 Å². The SMILES string of the molecule is CCC(=O)Nc1ccc(C)c(NC(=O)[C@@H](N)CC(C)C)c1. The molecule has 0 bridgehead atoms. The molecule has 0 radical (unpaired) electrons. The Hall–Kier alpha value is -1.88. The Morgan fingerprint density at radius 2 is 1.90 bits per heavy atom.